The van der Waals surface area contributed by atoms with Gasteiger partial charge in [0, 0.05) is 12.2 Å². The molecular weight excluding hydrogens is 212 g/mol. The minimum atomic E-state index is -0.482. The maximum Gasteiger partial charge on any atom is 0.307 e. The molecule has 0 aromatic carbocycles. The van der Waals surface area contributed by atoms with Crippen LogP contribution in [0.5, 0.6) is 0 Å². The van der Waals surface area contributed by atoms with Crippen molar-refractivity contribution in [2.24, 2.45) is 0 Å². The Morgan fingerprint density at radius 1 is 1.47 bits per heavy atom. The lowest BCUT2D eigenvalue weighted by Crippen LogP contribution is -2.25. The van der Waals surface area contributed by atoms with Gasteiger partial charge in [-0.2, -0.15) is 0 Å². The lowest BCUT2D eigenvalue weighted by atomic mass is 10.2. The van der Waals surface area contributed by atoms with Crippen LogP contribution >= 0.6 is 11.8 Å². The Bertz CT molecular complexity index is 253. The number of thioether (sulfide) groups is 1. The minimum Gasteiger partial charge on any atom is -0.460 e. The summed E-state index contributed by atoms with van der Waals surface area (Å²) in [5.41, 5.74) is -0.482. The third kappa shape index (κ3) is 8.24. The quantitative estimate of drug-likeness (QED) is 0.550. The summed E-state index contributed by atoms with van der Waals surface area (Å²) in [6.07, 6.45) is 1.78. The molecule has 15 heavy (non-hydrogen) atoms. The number of esters is 1. The Morgan fingerprint density at radius 2 is 2.00 bits per heavy atom. The van der Waals surface area contributed by atoms with Crippen molar-refractivity contribution in [3.8, 4) is 0 Å². The molecule has 0 aromatic heterocycles. The molecule has 3 nitrogen and oxygen atoms in total. The lowest BCUT2D eigenvalue weighted by Gasteiger charge is -2.20. The summed E-state index contributed by atoms with van der Waals surface area (Å²) in [7, 11) is 0. The first-order chi connectivity index (χ1) is 6.74. The van der Waals surface area contributed by atoms with Crippen LogP contribution in [0.1, 0.15) is 34.1 Å². The molecule has 0 saturated carbocycles. The van der Waals surface area contributed by atoms with Crippen molar-refractivity contribution in [1.29, 1.82) is 0 Å². The summed E-state index contributed by atoms with van der Waals surface area (Å²) < 4.78 is 5.14. The predicted molar refractivity (Wildman–Crippen MR) is 62.7 cm³/mol. The first-order valence-corrected chi connectivity index (χ1v) is 5.64. The zero-order chi connectivity index (χ0) is 12.1. The summed E-state index contributed by atoms with van der Waals surface area (Å²) >= 11 is 1.10. The van der Waals surface area contributed by atoms with Gasteiger partial charge in [-0.1, -0.05) is 17.8 Å². The van der Waals surface area contributed by atoms with Crippen LogP contribution < -0.4 is 0 Å². The Kier molecular flexibility index (Phi) is 5.65. The monoisotopic (exact) mass is 230 g/mol. The molecule has 0 fully saturated rings. The first kappa shape index (κ1) is 14.2. The van der Waals surface area contributed by atoms with E-state index in [1.165, 1.54) is 6.92 Å². The van der Waals surface area contributed by atoms with Crippen molar-refractivity contribution in [2.45, 2.75) is 45.0 Å². The molecule has 0 saturated heterocycles. The van der Waals surface area contributed by atoms with E-state index in [-0.39, 0.29) is 22.8 Å². The van der Waals surface area contributed by atoms with Gasteiger partial charge in [0.25, 0.3) is 0 Å². The summed E-state index contributed by atoms with van der Waals surface area (Å²) in [5, 5.41) is -0.221. The van der Waals surface area contributed by atoms with Gasteiger partial charge in [0.1, 0.15) is 5.60 Å². The van der Waals surface area contributed by atoms with Gasteiger partial charge < -0.3 is 4.74 Å². The number of carbonyl (C=O) groups excluding carboxylic acids is 2. The zero-order valence-electron chi connectivity index (χ0n) is 9.70. The molecule has 0 aliphatic rings. The number of hydrogen-bond acceptors (Lipinski definition) is 4. The van der Waals surface area contributed by atoms with Crippen LogP contribution in [0, 0.1) is 0 Å². The van der Waals surface area contributed by atoms with Crippen LogP contribution in [0.4, 0.5) is 0 Å². The van der Waals surface area contributed by atoms with Crippen LogP contribution in [0.25, 0.3) is 0 Å². The minimum absolute atomic E-state index is 0.0246. The highest BCUT2D eigenvalue weighted by molar-refractivity contribution is 8.14. The average molecular weight is 230 g/mol. The van der Waals surface area contributed by atoms with Crippen LogP contribution in [0.3, 0.4) is 0 Å². The van der Waals surface area contributed by atoms with Crippen molar-refractivity contribution in [2.75, 3.05) is 0 Å². The predicted octanol–water partition coefficient (Wildman–Crippen LogP) is 2.55. The molecular formula is C11H18O3S. The van der Waals surface area contributed by atoms with Crippen molar-refractivity contribution in [1.82, 2.24) is 0 Å². The van der Waals surface area contributed by atoms with Crippen molar-refractivity contribution < 1.29 is 14.3 Å². The molecule has 0 amide bonds. The molecule has 4 heteroatoms. The first-order valence-electron chi connectivity index (χ1n) is 4.76. The highest BCUT2D eigenvalue weighted by Gasteiger charge is 2.20. The van der Waals surface area contributed by atoms with E-state index in [9.17, 15) is 9.59 Å². The molecule has 0 spiro atoms. The smallest absolute Gasteiger partial charge is 0.307 e. The molecule has 0 heterocycles. The van der Waals surface area contributed by atoms with Gasteiger partial charge in [-0.05, 0) is 20.8 Å². The highest BCUT2D eigenvalue weighted by atomic mass is 32.2. The van der Waals surface area contributed by atoms with Gasteiger partial charge in [-0.25, -0.2) is 0 Å². The second-order valence-electron chi connectivity index (χ2n) is 4.17. The van der Waals surface area contributed by atoms with Crippen LogP contribution in [-0.2, 0) is 14.3 Å². The van der Waals surface area contributed by atoms with Crippen molar-refractivity contribution >= 4 is 22.8 Å². The second-order valence-corrected chi connectivity index (χ2v) is 5.59. The van der Waals surface area contributed by atoms with Crippen LogP contribution in [0.15, 0.2) is 12.7 Å². The van der Waals surface area contributed by atoms with Gasteiger partial charge >= 0.3 is 5.97 Å². The number of hydrogen-bond donors (Lipinski definition) is 0. The fourth-order valence-corrected chi connectivity index (χ4v) is 1.68. The van der Waals surface area contributed by atoms with Crippen LogP contribution in [-0.4, -0.2) is 21.9 Å². The third-order valence-corrected chi connectivity index (χ3v) is 2.36. The molecule has 1 atom stereocenters. The van der Waals surface area contributed by atoms with E-state index in [1.807, 2.05) is 20.8 Å². The van der Waals surface area contributed by atoms with E-state index in [0.29, 0.717) is 0 Å². The third-order valence-electron chi connectivity index (χ3n) is 1.37. The van der Waals surface area contributed by atoms with E-state index in [0.717, 1.165) is 11.8 Å². The van der Waals surface area contributed by atoms with Gasteiger partial charge in [-0.3, -0.25) is 9.59 Å². The van der Waals surface area contributed by atoms with E-state index in [1.54, 1.807) is 6.08 Å². The Balaban J connectivity index is 4.13. The molecule has 86 valence electrons. The van der Waals surface area contributed by atoms with E-state index in [4.69, 9.17) is 4.74 Å². The molecule has 0 N–H and O–H groups in total. The second kappa shape index (κ2) is 5.95. The summed E-state index contributed by atoms with van der Waals surface area (Å²) in [4.78, 5) is 22.3. The molecule has 0 radical (unpaired) electrons. The topological polar surface area (TPSA) is 43.4 Å². The zero-order valence-corrected chi connectivity index (χ0v) is 10.5. The maximum atomic E-state index is 11.4. The average Bonchev–Trinajstić information content (AvgIpc) is 1.98. The number of carbonyl (C=O) groups is 2. The largest absolute Gasteiger partial charge is 0.460 e. The fraction of sp³-hybridized carbons (Fsp3) is 0.636. The molecule has 0 aliphatic carbocycles. The maximum absolute atomic E-state index is 11.4. The van der Waals surface area contributed by atoms with E-state index in [2.05, 4.69) is 6.58 Å². The van der Waals surface area contributed by atoms with Crippen molar-refractivity contribution in [3.05, 3.63) is 12.7 Å². The SMILES string of the molecule is C=CC(CC(=O)OC(C)(C)C)SC(C)=O. The van der Waals surface area contributed by atoms with Gasteiger partial charge in [0.15, 0.2) is 5.12 Å². The highest BCUT2D eigenvalue weighted by Crippen LogP contribution is 2.18. The van der Waals surface area contributed by atoms with Gasteiger partial charge in [0.2, 0.25) is 0 Å². The Morgan fingerprint density at radius 3 is 2.33 bits per heavy atom. The van der Waals surface area contributed by atoms with Crippen LogP contribution in [0.2, 0.25) is 0 Å². The van der Waals surface area contributed by atoms with Crippen molar-refractivity contribution in [3.63, 3.8) is 0 Å². The lowest BCUT2D eigenvalue weighted by molar-refractivity contribution is -0.154. The summed E-state index contributed by atoms with van der Waals surface area (Å²) in [6.45, 7) is 10.5. The molecule has 0 aromatic rings. The molecule has 1 unspecified atom stereocenters. The molecule has 0 bridgehead atoms. The molecule has 0 aliphatic heterocycles. The normalized spacial score (nSPS) is 13.1. The summed E-state index contributed by atoms with van der Waals surface area (Å²) in [6, 6.07) is 0. The van der Waals surface area contributed by atoms with E-state index >= 15 is 0 Å². The molecule has 0 rings (SSSR count). The number of rotatable bonds is 4. The standard InChI is InChI=1S/C11H18O3S/c1-6-9(15-8(2)12)7-10(13)14-11(3,4)5/h6,9H,1,7H2,2-5H3. The Hall–Kier alpha value is -0.770. The number of ether oxygens (including phenoxy) is 1. The van der Waals surface area contributed by atoms with E-state index < -0.39 is 5.60 Å². The Labute approximate surface area is 95.3 Å². The fourth-order valence-electron chi connectivity index (χ4n) is 0.934. The summed E-state index contributed by atoms with van der Waals surface area (Å²) in [5.74, 6) is -0.304. The van der Waals surface area contributed by atoms with Gasteiger partial charge in [-0.15, -0.1) is 6.58 Å². The van der Waals surface area contributed by atoms with Gasteiger partial charge in [0.05, 0.1) is 6.42 Å².